The Morgan fingerprint density at radius 3 is 2.56 bits per heavy atom. The molecule has 0 atom stereocenters. The zero-order valence-corrected chi connectivity index (χ0v) is 12.4. The van der Waals surface area contributed by atoms with Gasteiger partial charge in [0.25, 0.3) is 0 Å². The van der Waals surface area contributed by atoms with Gasteiger partial charge in [-0.05, 0) is 34.0 Å². The standard InChI is InChI=1S/C13H12BrClN2O/c1-8(2)12-9(7-18)13(15)17(16-12)11-6-4-3-5-10(11)14/h3-8H,1-2H3. The molecule has 0 fully saturated rings. The van der Waals surface area contributed by atoms with Crippen molar-refractivity contribution in [2.75, 3.05) is 0 Å². The zero-order chi connectivity index (χ0) is 13.3. The van der Waals surface area contributed by atoms with Crippen LogP contribution in [-0.4, -0.2) is 16.1 Å². The molecule has 0 saturated heterocycles. The van der Waals surface area contributed by atoms with E-state index in [2.05, 4.69) is 21.0 Å². The monoisotopic (exact) mass is 326 g/mol. The number of halogens is 2. The average molecular weight is 328 g/mol. The third-order valence-corrected chi connectivity index (χ3v) is 3.67. The molecule has 0 spiro atoms. The molecule has 0 aliphatic rings. The first kappa shape index (κ1) is 13.3. The van der Waals surface area contributed by atoms with E-state index in [1.54, 1.807) is 4.68 Å². The molecule has 1 aromatic carbocycles. The fourth-order valence-corrected chi connectivity index (χ4v) is 2.47. The van der Waals surface area contributed by atoms with Crippen molar-refractivity contribution in [3.8, 4) is 5.69 Å². The van der Waals surface area contributed by atoms with Crippen molar-refractivity contribution in [3.63, 3.8) is 0 Å². The highest BCUT2D eigenvalue weighted by molar-refractivity contribution is 9.10. The van der Waals surface area contributed by atoms with Gasteiger partial charge in [0.2, 0.25) is 0 Å². The lowest BCUT2D eigenvalue weighted by Gasteiger charge is -2.05. The highest BCUT2D eigenvalue weighted by Gasteiger charge is 2.19. The Kier molecular flexibility index (Phi) is 3.88. The summed E-state index contributed by atoms with van der Waals surface area (Å²) in [5, 5.41) is 4.78. The summed E-state index contributed by atoms with van der Waals surface area (Å²) in [6, 6.07) is 7.60. The van der Waals surface area contributed by atoms with Crippen LogP contribution in [0.5, 0.6) is 0 Å². The SMILES string of the molecule is CC(C)c1nn(-c2ccccc2Br)c(Cl)c1C=O. The van der Waals surface area contributed by atoms with Gasteiger partial charge in [-0.1, -0.05) is 37.6 Å². The van der Waals surface area contributed by atoms with Crippen LogP contribution in [0.4, 0.5) is 0 Å². The molecule has 1 aromatic heterocycles. The quantitative estimate of drug-likeness (QED) is 0.791. The number of carbonyl (C=O) groups is 1. The second-order valence-electron chi connectivity index (χ2n) is 4.23. The van der Waals surface area contributed by atoms with Gasteiger partial charge in [-0.15, -0.1) is 0 Å². The molecular formula is C13H12BrClN2O. The molecule has 0 radical (unpaired) electrons. The molecule has 0 aliphatic carbocycles. The minimum absolute atomic E-state index is 0.145. The fraction of sp³-hybridized carbons (Fsp3) is 0.231. The highest BCUT2D eigenvalue weighted by atomic mass is 79.9. The number of hydrogen-bond donors (Lipinski definition) is 0. The normalized spacial score (nSPS) is 10.9. The van der Waals surface area contributed by atoms with Gasteiger partial charge in [-0.25, -0.2) is 4.68 Å². The first-order chi connectivity index (χ1) is 8.56. The van der Waals surface area contributed by atoms with Crippen molar-refractivity contribution >= 4 is 33.8 Å². The molecule has 2 aromatic rings. The van der Waals surface area contributed by atoms with Gasteiger partial charge in [0, 0.05) is 4.47 Å². The van der Waals surface area contributed by atoms with Crippen LogP contribution >= 0.6 is 27.5 Å². The maximum Gasteiger partial charge on any atom is 0.155 e. The van der Waals surface area contributed by atoms with Crippen LogP contribution in [0.1, 0.15) is 35.8 Å². The summed E-state index contributed by atoms with van der Waals surface area (Å²) >= 11 is 9.68. The topological polar surface area (TPSA) is 34.9 Å². The first-order valence-electron chi connectivity index (χ1n) is 5.54. The Morgan fingerprint density at radius 2 is 2.06 bits per heavy atom. The predicted molar refractivity (Wildman–Crippen MR) is 75.8 cm³/mol. The molecule has 94 valence electrons. The molecule has 0 aliphatic heterocycles. The van der Waals surface area contributed by atoms with Crippen LogP contribution in [0.3, 0.4) is 0 Å². The maximum atomic E-state index is 11.1. The molecule has 0 unspecified atom stereocenters. The number of aldehydes is 1. The van der Waals surface area contributed by atoms with Crippen molar-refractivity contribution in [1.82, 2.24) is 9.78 Å². The molecule has 0 bridgehead atoms. The Morgan fingerprint density at radius 1 is 1.39 bits per heavy atom. The minimum atomic E-state index is 0.145. The van der Waals surface area contributed by atoms with Crippen LogP contribution < -0.4 is 0 Å². The molecular weight excluding hydrogens is 316 g/mol. The number of rotatable bonds is 3. The highest BCUT2D eigenvalue weighted by Crippen LogP contribution is 2.29. The van der Waals surface area contributed by atoms with Gasteiger partial charge < -0.3 is 0 Å². The van der Waals surface area contributed by atoms with Crippen molar-refractivity contribution in [2.45, 2.75) is 19.8 Å². The fourth-order valence-electron chi connectivity index (χ4n) is 1.74. The van der Waals surface area contributed by atoms with E-state index in [0.29, 0.717) is 16.4 Å². The summed E-state index contributed by atoms with van der Waals surface area (Å²) < 4.78 is 2.46. The van der Waals surface area contributed by atoms with E-state index in [0.717, 1.165) is 16.4 Å². The van der Waals surface area contributed by atoms with E-state index >= 15 is 0 Å². The molecule has 5 heteroatoms. The van der Waals surface area contributed by atoms with Gasteiger partial charge in [0.15, 0.2) is 6.29 Å². The summed E-state index contributed by atoms with van der Waals surface area (Å²) in [6.45, 7) is 3.96. The second kappa shape index (κ2) is 5.24. The van der Waals surface area contributed by atoms with Gasteiger partial charge in [0.1, 0.15) is 5.15 Å². The van der Waals surface area contributed by atoms with Gasteiger partial charge in [-0.2, -0.15) is 5.10 Å². The summed E-state index contributed by atoms with van der Waals surface area (Å²) in [4.78, 5) is 11.1. The maximum absolute atomic E-state index is 11.1. The molecule has 1 heterocycles. The van der Waals surface area contributed by atoms with E-state index in [9.17, 15) is 4.79 Å². The zero-order valence-electron chi connectivity index (χ0n) is 10.0. The van der Waals surface area contributed by atoms with Crippen LogP contribution in [0.15, 0.2) is 28.7 Å². The predicted octanol–water partition coefficient (Wildman–Crippen LogP) is 4.22. The summed E-state index contributed by atoms with van der Waals surface area (Å²) in [5.41, 5.74) is 1.99. The van der Waals surface area contributed by atoms with Crippen molar-refractivity contribution in [2.24, 2.45) is 0 Å². The number of benzene rings is 1. The largest absolute Gasteiger partial charge is 0.298 e. The van der Waals surface area contributed by atoms with Crippen LogP contribution in [0, 0.1) is 0 Å². The molecule has 2 rings (SSSR count). The molecule has 0 amide bonds. The van der Waals surface area contributed by atoms with Crippen molar-refractivity contribution in [3.05, 3.63) is 45.1 Å². The number of nitrogens with zero attached hydrogens (tertiary/aromatic N) is 2. The third-order valence-electron chi connectivity index (χ3n) is 2.64. The van der Waals surface area contributed by atoms with E-state index in [4.69, 9.17) is 11.6 Å². The van der Waals surface area contributed by atoms with E-state index in [-0.39, 0.29) is 5.92 Å². The van der Waals surface area contributed by atoms with Gasteiger partial charge in [-0.3, -0.25) is 4.79 Å². The van der Waals surface area contributed by atoms with Crippen molar-refractivity contribution < 1.29 is 4.79 Å². The lowest BCUT2D eigenvalue weighted by Crippen LogP contribution is -1.99. The molecule has 0 saturated carbocycles. The van der Waals surface area contributed by atoms with E-state index in [1.807, 2.05) is 38.1 Å². The Bertz CT molecular complexity index is 593. The molecule has 0 N–H and O–H groups in total. The average Bonchev–Trinajstić information content (AvgIpc) is 2.67. The van der Waals surface area contributed by atoms with Crippen molar-refractivity contribution in [1.29, 1.82) is 0 Å². The Hall–Kier alpha value is -1.13. The van der Waals surface area contributed by atoms with Crippen LogP contribution in [0.2, 0.25) is 5.15 Å². The van der Waals surface area contributed by atoms with E-state index in [1.165, 1.54) is 0 Å². The lowest BCUT2D eigenvalue weighted by atomic mass is 10.1. The third kappa shape index (κ3) is 2.22. The summed E-state index contributed by atoms with van der Waals surface area (Å²) in [5.74, 6) is 0.145. The number of aromatic nitrogens is 2. The second-order valence-corrected chi connectivity index (χ2v) is 5.44. The number of para-hydroxylation sites is 1. The Labute approximate surface area is 119 Å². The van der Waals surface area contributed by atoms with E-state index < -0.39 is 0 Å². The minimum Gasteiger partial charge on any atom is -0.298 e. The smallest absolute Gasteiger partial charge is 0.155 e. The number of carbonyl (C=O) groups excluding carboxylic acids is 1. The molecule has 18 heavy (non-hydrogen) atoms. The van der Waals surface area contributed by atoms with Crippen LogP contribution in [-0.2, 0) is 0 Å². The first-order valence-corrected chi connectivity index (χ1v) is 6.71. The number of hydrogen-bond acceptors (Lipinski definition) is 2. The van der Waals surface area contributed by atoms with Gasteiger partial charge in [0.05, 0.1) is 16.9 Å². The summed E-state index contributed by atoms with van der Waals surface area (Å²) in [7, 11) is 0. The Balaban J connectivity index is 2.67. The summed E-state index contributed by atoms with van der Waals surface area (Å²) in [6.07, 6.45) is 0.762. The molecule has 3 nitrogen and oxygen atoms in total. The lowest BCUT2D eigenvalue weighted by molar-refractivity contribution is 0.112. The van der Waals surface area contributed by atoms with Gasteiger partial charge >= 0.3 is 0 Å². The van der Waals surface area contributed by atoms with Crippen LogP contribution in [0.25, 0.3) is 5.69 Å².